The predicted molar refractivity (Wildman–Crippen MR) is 57.9 cm³/mol. The van der Waals surface area contributed by atoms with E-state index in [1.165, 1.54) is 0 Å². The normalized spacial score (nSPS) is 13.4. The monoisotopic (exact) mass is 270 g/mol. The largest absolute Gasteiger partial charge is 0.480 e. The second kappa shape index (κ2) is 7.20. The lowest BCUT2D eigenvalue weighted by Gasteiger charge is -2.16. The number of alkyl halides is 3. The SMILES string of the molecule is CC(C)CC(NCC(=O)NCC(F)(F)F)C(=O)O. The van der Waals surface area contributed by atoms with Crippen LogP contribution in [0.5, 0.6) is 0 Å². The van der Waals surface area contributed by atoms with Gasteiger partial charge in [-0.15, -0.1) is 0 Å². The van der Waals surface area contributed by atoms with Gasteiger partial charge in [-0.1, -0.05) is 13.8 Å². The number of rotatable bonds is 7. The molecule has 0 saturated carbocycles. The number of hydrogen-bond donors (Lipinski definition) is 3. The Morgan fingerprint density at radius 2 is 1.83 bits per heavy atom. The van der Waals surface area contributed by atoms with Crippen molar-refractivity contribution in [1.82, 2.24) is 10.6 Å². The lowest BCUT2D eigenvalue weighted by atomic mass is 10.0. The van der Waals surface area contributed by atoms with Crippen molar-refractivity contribution in [2.75, 3.05) is 13.1 Å². The van der Waals surface area contributed by atoms with Gasteiger partial charge < -0.3 is 10.4 Å². The fourth-order valence-corrected chi connectivity index (χ4v) is 1.22. The summed E-state index contributed by atoms with van der Waals surface area (Å²) in [5, 5.41) is 12.9. The first-order valence-electron chi connectivity index (χ1n) is 5.41. The molecule has 0 aromatic heterocycles. The van der Waals surface area contributed by atoms with Gasteiger partial charge in [0.2, 0.25) is 5.91 Å². The third-order valence-corrected chi connectivity index (χ3v) is 2.00. The van der Waals surface area contributed by atoms with Crippen LogP contribution in [0.1, 0.15) is 20.3 Å². The molecule has 18 heavy (non-hydrogen) atoms. The number of hydrogen-bond acceptors (Lipinski definition) is 3. The lowest BCUT2D eigenvalue weighted by Crippen LogP contribution is -2.45. The molecule has 0 heterocycles. The summed E-state index contributed by atoms with van der Waals surface area (Å²) in [5.41, 5.74) is 0. The lowest BCUT2D eigenvalue weighted by molar-refractivity contribution is -0.141. The molecule has 0 aromatic carbocycles. The van der Waals surface area contributed by atoms with Crippen LogP contribution in [0.15, 0.2) is 0 Å². The van der Waals surface area contributed by atoms with Gasteiger partial charge in [-0.3, -0.25) is 14.9 Å². The fraction of sp³-hybridized carbons (Fsp3) is 0.800. The van der Waals surface area contributed by atoms with Crippen molar-refractivity contribution < 1.29 is 27.9 Å². The highest BCUT2D eigenvalue weighted by atomic mass is 19.4. The summed E-state index contributed by atoms with van der Waals surface area (Å²) in [6.45, 7) is 1.73. The maximum Gasteiger partial charge on any atom is 0.405 e. The molecule has 3 N–H and O–H groups in total. The zero-order valence-electron chi connectivity index (χ0n) is 10.2. The van der Waals surface area contributed by atoms with Crippen molar-refractivity contribution in [2.24, 2.45) is 5.92 Å². The topological polar surface area (TPSA) is 78.4 Å². The highest BCUT2D eigenvalue weighted by Crippen LogP contribution is 2.11. The molecule has 0 aromatic rings. The molecular weight excluding hydrogens is 253 g/mol. The maximum absolute atomic E-state index is 11.8. The fourth-order valence-electron chi connectivity index (χ4n) is 1.22. The molecule has 0 aliphatic carbocycles. The molecule has 106 valence electrons. The van der Waals surface area contributed by atoms with E-state index in [2.05, 4.69) is 5.32 Å². The highest BCUT2D eigenvalue weighted by Gasteiger charge is 2.28. The summed E-state index contributed by atoms with van der Waals surface area (Å²) in [6, 6.07) is -0.943. The molecule has 0 spiro atoms. The van der Waals surface area contributed by atoms with Crippen LogP contribution < -0.4 is 10.6 Å². The molecule has 1 unspecified atom stereocenters. The Hall–Kier alpha value is -1.31. The van der Waals surface area contributed by atoms with Crippen LogP contribution in [0.25, 0.3) is 0 Å². The Labute approximate surface area is 103 Å². The van der Waals surface area contributed by atoms with Crippen molar-refractivity contribution >= 4 is 11.9 Å². The first-order valence-corrected chi connectivity index (χ1v) is 5.41. The summed E-state index contributed by atoms with van der Waals surface area (Å²) in [7, 11) is 0. The number of halogens is 3. The Balaban J connectivity index is 4.04. The predicted octanol–water partition coefficient (Wildman–Crippen LogP) is 0.754. The second-order valence-corrected chi connectivity index (χ2v) is 4.29. The molecule has 0 fully saturated rings. The molecule has 0 aliphatic rings. The van der Waals surface area contributed by atoms with Gasteiger partial charge in [0.05, 0.1) is 6.54 Å². The van der Waals surface area contributed by atoms with Crippen LogP contribution in [0.3, 0.4) is 0 Å². The van der Waals surface area contributed by atoms with E-state index in [9.17, 15) is 22.8 Å². The van der Waals surface area contributed by atoms with E-state index in [1.54, 1.807) is 19.2 Å². The first-order chi connectivity index (χ1) is 8.11. The highest BCUT2D eigenvalue weighted by molar-refractivity contribution is 5.79. The summed E-state index contributed by atoms with van der Waals surface area (Å²) >= 11 is 0. The number of amides is 1. The van der Waals surface area contributed by atoms with E-state index in [0.29, 0.717) is 6.42 Å². The number of carbonyl (C=O) groups excluding carboxylic acids is 1. The molecule has 1 atom stereocenters. The van der Waals surface area contributed by atoms with Crippen LogP contribution in [0.4, 0.5) is 13.2 Å². The van der Waals surface area contributed by atoms with E-state index in [4.69, 9.17) is 5.11 Å². The summed E-state index contributed by atoms with van der Waals surface area (Å²) in [5.74, 6) is -1.92. The van der Waals surface area contributed by atoms with Gasteiger partial charge in [0, 0.05) is 0 Å². The van der Waals surface area contributed by atoms with E-state index >= 15 is 0 Å². The Kier molecular flexibility index (Phi) is 6.67. The minimum Gasteiger partial charge on any atom is -0.480 e. The summed E-state index contributed by atoms with van der Waals surface area (Å²) < 4.78 is 35.4. The molecule has 0 aliphatic heterocycles. The van der Waals surface area contributed by atoms with Crippen molar-refractivity contribution in [3.05, 3.63) is 0 Å². The first kappa shape index (κ1) is 16.7. The van der Waals surface area contributed by atoms with Crippen LogP contribution in [0, 0.1) is 5.92 Å². The van der Waals surface area contributed by atoms with Gasteiger partial charge in [0.15, 0.2) is 0 Å². The van der Waals surface area contributed by atoms with E-state index in [1.807, 2.05) is 0 Å². The van der Waals surface area contributed by atoms with Crippen molar-refractivity contribution in [2.45, 2.75) is 32.5 Å². The van der Waals surface area contributed by atoms with Gasteiger partial charge in [0.1, 0.15) is 12.6 Å². The summed E-state index contributed by atoms with van der Waals surface area (Å²) in [6.07, 6.45) is -4.18. The number of carbonyl (C=O) groups is 2. The Bertz CT molecular complexity index is 293. The molecule has 0 radical (unpaired) electrons. The molecule has 0 bridgehead atoms. The third kappa shape index (κ3) is 8.80. The van der Waals surface area contributed by atoms with Crippen LogP contribution >= 0.6 is 0 Å². The molecule has 8 heteroatoms. The molecular formula is C10H17F3N2O3. The summed E-state index contributed by atoms with van der Waals surface area (Å²) in [4.78, 5) is 21.8. The smallest absolute Gasteiger partial charge is 0.405 e. The van der Waals surface area contributed by atoms with Gasteiger partial charge in [-0.2, -0.15) is 13.2 Å². The number of nitrogens with one attached hydrogen (secondary N) is 2. The van der Waals surface area contributed by atoms with Gasteiger partial charge >= 0.3 is 12.1 Å². The molecule has 1 amide bonds. The van der Waals surface area contributed by atoms with E-state index in [0.717, 1.165) is 0 Å². The van der Waals surface area contributed by atoms with Gasteiger partial charge in [-0.25, -0.2) is 0 Å². The average Bonchev–Trinajstić information content (AvgIpc) is 2.19. The second-order valence-electron chi connectivity index (χ2n) is 4.29. The van der Waals surface area contributed by atoms with Crippen LogP contribution in [-0.2, 0) is 9.59 Å². The minimum absolute atomic E-state index is 0.0943. The zero-order valence-corrected chi connectivity index (χ0v) is 10.2. The van der Waals surface area contributed by atoms with E-state index in [-0.39, 0.29) is 5.92 Å². The standard InChI is InChI=1S/C10H17F3N2O3/c1-6(2)3-7(9(17)18)14-4-8(16)15-5-10(11,12)13/h6-7,14H,3-5H2,1-2H3,(H,15,16)(H,17,18). The molecule has 5 nitrogen and oxygen atoms in total. The average molecular weight is 270 g/mol. The van der Waals surface area contributed by atoms with Gasteiger partial charge in [0.25, 0.3) is 0 Å². The van der Waals surface area contributed by atoms with Gasteiger partial charge in [-0.05, 0) is 12.3 Å². The quantitative estimate of drug-likeness (QED) is 0.638. The van der Waals surface area contributed by atoms with Crippen molar-refractivity contribution in [3.63, 3.8) is 0 Å². The van der Waals surface area contributed by atoms with E-state index < -0.39 is 37.2 Å². The Morgan fingerprint density at radius 1 is 1.28 bits per heavy atom. The van der Waals surface area contributed by atoms with Crippen LogP contribution in [-0.4, -0.2) is 42.3 Å². The Morgan fingerprint density at radius 3 is 2.22 bits per heavy atom. The molecule has 0 saturated heterocycles. The number of carboxylic acid groups (broad SMARTS) is 1. The minimum atomic E-state index is -4.47. The van der Waals surface area contributed by atoms with Crippen molar-refractivity contribution in [1.29, 1.82) is 0 Å². The third-order valence-electron chi connectivity index (χ3n) is 2.00. The number of carboxylic acids is 1. The van der Waals surface area contributed by atoms with Crippen molar-refractivity contribution in [3.8, 4) is 0 Å². The molecule has 0 rings (SSSR count). The van der Waals surface area contributed by atoms with Crippen LogP contribution in [0.2, 0.25) is 0 Å². The zero-order chi connectivity index (χ0) is 14.3. The maximum atomic E-state index is 11.8. The number of aliphatic carboxylic acids is 1.